The van der Waals surface area contributed by atoms with Crippen LogP contribution in [-0.2, 0) is 12.5 Å². The van der Waals surface area contributed by atoms with Crippen LogP contribution in [0.5, 0.6) is 11.5 Å². The largest absolute Gasteiger partial charge is 0.573 e. The third kappa shape index (κ3) is 9.45. The summed E-state index contributed by atoms with van der Waals surface area (Å²) in [5, 5.41) is 0. The van der Waals surface area contributed by atoms with E-state index in [1.807, 2.05) is 24.3 Å². The molecule has 0 aliphatic carbocycles. The quantitative estimate of drug-likeness (QED) is 0.0835. The maximum Gasteiger partial charge on any atom is 0.573 e. The minimum absolute atomic E-state index is 0.246. The lowest BCUT2D eigenvalue weighted by molar-refractivity contribution is -0.275. The van der Waals surface area contributed by atoms with Gasteiger partial charge in [-0.25, -0.2) is 22.0 Å². The SMILES string of the molecule is CCCCCCCCc1ccc(-c2ccc(-c3cc(F)c(C(F)(F)Oc4ccc(-c5ccc(OC(F)(F)F)c(F)c5)c(F)c4)c(F)c3)c(F)c2)cc1. The summed E-state index contributed by atoms with van der Waals surface area (Å²) < 4.78 is 150. The molecular formula is C40H32F10O2. The van der Waals surface area contributed by atoms with E-state index in [1.165, 1.54) is 37.8 Å². The summed E-state index contributed by atoms with van der Waals surface area (Å²) in [7, 11) is 0. The van der Waals surface area contributed by atoms with E-state index < -0.39 is 64.2 Å². The van der Waals surface area contributed by atoms with Gasteiger partial charge in [0.1, 0.15) is 34.6 Å². The Labute approximate surface area is 293 Å². The first-order valence-electron chi connectivity index (χ1n) is 16.5. The van der Waals surface area contributed by atoms with Gasteiger partial charge in [-0.15, -0.1) is 13.2 Å². The third-order valence-corrected chi connectivity index (χ3v) is 8.37. The predicted molar refractivity (Wildman–Crippen MR) is 177 cm³/mol. The molecule has 0 aliphatic heterocycles. The number of unbranched alkanes of at least 4 members (excludes halogenated alkanes) is 5. The Morgan fingerprint density at radius 1 is 0.481 bits per heavy atom. The van der Waals surface area contributed by atoms with Gasteiger partial charge >= 0.3 is 12.5 Å². The number of hydrogen-bond acceptors (Lipinski definition) is 2. The normalized spacial score (nSPS) is 11.9. The highest BCUT2D eigenvalue weighted by Gasteiger charge is 2.41. The van der Waals surface area contributed by atoms with E-state index in [0.717, 1.165) is 43.0 Å². The summed E-state index contributed by atoms with van der Waals surface area (Å²) in [6, 6.07) is 16.8. The molecule has 0 saturated carbocycles. The number of aryl methyl sites for hydroxylation is 1. The zero-order chi connectivity index (χ0) is 37.6. The van der Waals surface area contributed by atoms with Crippen molar-refractivity contribution in [3.8, 4) is 44.9 Å². The van der Waals surface area contributed by atoms with Crippen molar-refractivity contribution in [1.29, 1.82) is 0 Å². The molecule has 5 aromatic carbocycles. The summed E-state index contributed by atoms with van der Waals surface area (Å²) in [4.78, 5) is 0. The Bertz CT molecular complexity index is 1980. The fourth-order valence-electron chi connectivity index (χ4n) is 5.78. The molecule has 274 valence electrons. The maximum absolute atomic E-state index is 15.3. The van der Waals surface area contributed by atoms with E-state index in [0.29, 0.717) is 41.5 Å². The van der Waals surface area contributed by atoms with Crippen LogP contribution >= 0.6 is 0 Å². The molecule has 12 heteroatoms. The number of halogens is 10. The van der Waals surface area contributed by atoms with Gasteiger partial charge < -0.3 is 9.47 Å². The van der Waals surface area contributed by atoms with Crippen molar-refractivity contribution in [3.63, 3.8) is 0 Å². The minimum Gasteiger partial charge on any atom is -0.429 e. The highest BCUT2D eigenvalue weighted by Crippen LogP contribution is 2.39. The van der Waals surface area contributed by atoms with Crippen molar-refractivity contribution in [1.82, 2.24) is 0 Å². The van der Waals surface area contributed by atoms with Crippen LogP contribution in [0.2, 0.25) is 0 Å². The van der Waals surface area contributed by atoms with E-state index in [9.17, 15) is 22.0 Å². The van der Waals surface area contributed by atoms with E-state index in [1.54, 1.807) is 6.07 Å². The van der Waals surface area contributed by atoms with Crippen LogP contribution in [-0.4, -0.2) is 6.36 Å². The van der Waals surface area contributed by atoms with E-state index in [-0.39, 0.29) is 16.7 Å². The second-order valence-electron chi connectivity index (χ2n) is 12.2. The lowest BCUT2D eigenvalue weighted by Gasteiger charge is -2.20. The van der Waals surface area contributed by atoms with Crippen LogP contribution < -0.4 is 9.47 Å². The van der Waals surface area contributed by atoms with Crippen molar-refractivity contribution >= 4 is 0 Å². The van der Waals surface area contributed by atoms with E-state index in [2.05, 4.69) is 16.4 Å². The Kier molecular flexibility index (Phi) is 11.9. The lowest BCUT2D eigenvalue weighted by Crippen LogP contribution is -2.25. The highest BCUT2D eigenvalue weighted by molar-refractivity contribution is 5.72. The van der Waals surface area contributed by atoms with Gasteiger partial charge in [0, 0.05) is 17.2 Å². The van der Waals surface area contributed by atoms with Crippen LogP contribution in [0.3, 0.4) is 0 Å². The zero-order valence-corrected chi connectivity index (χ0v) is 27.7. The molecule has 0 saturated heterocycles. The fraction of sp³-hybridized carbons (Fsp3) is 0.250. The van der Waals surface area contributed by atoms with Gasteiger partial charge in [0.15, 0.2) is 11.6 Å². The Hall–Kier alpha value is -5.00. The van der Waals surface area contributed by atoms with Crippen molar-refractivity contribution in [2.75, 3.05) is 0 Å². The summed E-state index contributed by atoms with van der Waals surface area (Å²) in [6.07, 6.45) is -1.88. The van der Waals surface area contributed by atoms with Crippen LogP contribution in [0, 0.1) is 29.1 Å². The molecule has 0 aliphatic rings. The topological polar surface area (TPSA) is 18.5 Å². The van der Waals surface area contributed by atoms with Gasteiger partial charge in [0.25, 0.3) is 0 Å². The summed E-state index contributed by atoms with van der Waals surface area (Å²) >= 11 is 0. The maximum atomic E-state index is 15.3. The van der Waals surface area contributed by atoms with Crippen LogP contribution in [0.4, 0.5) is 43.9 Å². The Morgan fingerprint density at radius 2 is 1.02 bits per heavy atom. The molecule has 0 fully saturated rings. The predicted octanol–water partition coefficient (Wildman–Crippen LogP) is 13.3. The van der Waals surface area contributed by atoms with Crippen molar-refractivity contribution in [2.45, 2.75) is 64.3 Å². The second kappa shape index (κ2) is 16.1. The Morgan fingerprint density at radius 3 is 1.63 bits per heavy atom. The highest BCUT2D eigenvalue weighted by atomic mass is 19.4. The van der Waals surface area contributed by atoms with Crippen LogP contribution in [0.1, 0.15) is 56.6 Å². The molecule has 0 bridgehead atoms. The molecule has 0 amide bonds. The number of alkyl halides is 5. The summed E-state index contributed by atoms with van der Waals surface area (Å²) in [5.74, 6) is -9.18. The van der Waals surface area contributed by atoms with Crippen molar-refractivity contribution < 1.29 is 53.4 Å². The minimum atomic E-state index is -5.18. The molecule has 0 atom stereocenters. The first kappa shape index (κ1) is 38.2. The van der Waals surface area contributed by atoms with Gasteiger partial charge in [-0.05, 0) is 83.1 Å². The van der Waals surface area contributed by atoms with E-state index in [4.69, 9.17) is 0 Å². The fourth-order valence-corrected chi connectivity index (χ4v) is 5.78. The first-order chi connectivity index (χ1) is 24.6. The van der Waals surface area contributed by atoms with Gasteiger partial charge in [0.05, 0.1) is 0 Å². The monoisotopic (exact) mass is 734 g/mol. The number of hydrogen-bond donors (Lipinski definition) is 0. The Balaban J connectivity index is 1.28. The molecule has 52 heavy (non-hydrogen) atoms. The first-order valence-corrected chi connectivity index (χ1v) is 16.5. The van der Waals surface area contributed by atoms with Gasteiger partial charge in [0.2, 0.25) is 0 Å². The molecule has 0 unspecified atom stereocenters. The molecular weight excluding hydrogens is 702 g/mol. The zero-order valence-electron chi connectivity index (χ0n) is 27.7. The van der Waals surface area contributed by atoms with Crippen LogP contribution in [0.15, 0.2) is 91.0 Å². The molecule has 2 nitrogen and oxygen atoms in total. The number of ether oxygens (including phenoxy) is 2. The van der Waals surface area contributed by atoms with Gasteiger partial charge in [-0.1, -0.05) is 81.5 Å². The van der Waals surface area contributed by atoms with Crippen molar-refractivity contribution in [2.24, 2.45) is 0 Å². The standard InChI is InChI=1S/C40H32F10O2/c1-2-3-4-5-6-7-8-24-9-11-25(12-10-24)26-13-16-31(32(41)19-26)28-21-35(44)38(36(45)22-28)39(46,47)51-29-15-17-30(33(42)23-29)27-14-18-37(34(43)20-27)52-40(48,49)50/h9-23H,2-8H2,1H3. The molecule has 0 spiro atoms. The van der Waals surface area contributed by atoms with E-state index >= 15 is 22.0 Å². The molecule has 0 N–H and O–H groups in total. The lowest BCUT2D eigenvalue weighted by atomic mass is 9.97. The van der Waals surface area contributed by atoms with Crippen LogP contribution in [0.25, 0.3) is 33.4 Å². The van der Waals surface area contributed by atoms with Gasteiger partial charge in [-0.2, -0.15) is 8.78 Å². The van der Waals surface area contributed by atoms with Gasteiger partial charge in [-0.3, -0.25) is 0 Å². The number of rotatable bonds is 14. The molecule has 0 heterocycles. The summed E-state index contributed by atoms with van der Waals surface area (Å²) in [5.41, 5.74) is -0.745. The second-order valence-corrected chi connectivity index (χ2v) is 12.2. The average molecular weight is 735 g/mol. The molecule has 5 rings (SSSR count). The molecule has 5 aromatic rings. The smallest absolute Gasteiger partial charge is 0.429 e. The summed E-state index contributed by atoms with van der Waals surface area (Å²) in [6.45, 7) is 2.17. The molecule has 0 radical (unpaired) electrons. The average Bonchev–Trinajstić information content (AvgIpc) is 3.06. The van der Waals surface area contributed by atoms with Crippen molar-refractivity contribution in [3.05, 3.63) is 131 Å². The third-order valence-electron chi connectivity index (χ3n) is 8.37. The molecule has 0 aromatic heterocycles. The number of benzene rings is 5.